The topological polar surface area (TPSA) is 91.4 Å². The Morgan fingerprint density at radius 1 is 1.14 bits per heavy atom. The Bertz CT molecular complexity index is 1130. The van der Waals surface area contributed by atoms with E-state index in [0.717, 1.165) is 33.8 Å². The van der Waals surface area contributed by atoms with Crippen LogP contribution in [-0.4, -0.2) is 62.6 Å². The van der Waals surface area contributed by atoms with Crippen molar-refractivity contribution in [3.8, 4) is 11.3 Å². The Kier molecular flexibility index (Phi) is 5.41. The zero-order chi connectivity index (χ0) is 20.4. The maximum absolute atomic E-state index is 5.22. The highest BCUT2D eigenvalue weighted by atomic mass is 16.5. The van der Waals surface area contributed by atoms with Gasteiger partial charge in [0, 0.05) is 38.6 Å². The maximum atomic E-state index is 5.22. The predicted octanol–water partition coefficient (Wildman–Crippen LogP) is 2.54. The SMILES string of the molecule is COCCn1c(C)nc2ccc(-c3ccn4nc(N[C@H](C)COC)ncc34)nc21. The van der Waals surface area contributed by atoms with Crippen molar-refractivity contribution in [2.45, 2.75) is 26.4 Å². The van der Waals surface area contributed by atoms with Gasteiger partial charge in [-0.3, -0.25) is 0 Å². The molecule has 4 aromatic heterocycles. The number of methoxy groups -OCH3 is 2. The third kappa shape index (κ3) is 3.79. The average molecular weight is 395 g/mol. The molecule has 0 aliphatic heterocycles. The summed E-state index contributed by atoms with van der Waals surface area (Å²) in [5.74, 6) is 1.48. The molecular formula is C20H25N7O2. The molecule has 0 bridgehead atoms. The monoisotopic (exact) mass is 395 g/mol. The van der Waals surface area contributed by atoms with Gasteiger partial charge in [-0.1, -0.05) is 0 Å². The molecular weight excluding hydrogens is 370 g/mol. The zero-order valence-corrected chi connectivity index (χ0v) is 17.1. The van der Waals surface area contributed by atoms with E-state index in [4.69, 9.17) is 14.5 Å². The van der Waals surface area contributed by atoms with Crippen molar-refractivity contribution in [3.63, 3.8) is 0 Å². The molecule has 1 N–H and O–H groups in total. The number of hydrogen-bond donors (Lipinski definition) is 1. The number of pyridine rings is 1. The van der Waals surface area contributed by atoms with Crippen LogP contribution in [-0.2, 0) is 16.0 Å². The number of fused-ring (bicyclic) bond motifs is 2. The fourth-order valence-electron chi connectivity index (χ4n) is 3.41. The summed E-state index contributed by atoms with van der Waals surface area (Å²) in [4.78, 5) is 13.9. The van der Waals surface area contributed by atoms with Gasteiger partial charge in [-0.15, -0.1) is 5.10 Å². The Balaban J connectivity index is 1.69. The Hall–Kier alpha value is -3.04. The number of ether oxygens (including phenoxy) is 2. The zero-order valence-electron chi connectivity index (χ0n) is 17.1. The smallest absolute Gasteiger partial charge is 0.241 e. The number of aromatic nitrogens is 6. The number of hydrogen-bond acceptors (Lipinski definition) is 7. The molecule has 4 aromatic rings. The van der Waals surface area contributed by atoms with Crippen LogP contribution in [0.2, 0.25) is 0 Å². The first kappa shape index (κ1) is 19.3. The second-order valence-electron chi connectivity index (χ2n) is 6.98. The molecule has 0 spiro atoms. The van der Waals surface area contributed by atoms with Crippen molar-refractivity contribution in [1.29, 1.82) is 0 Å². The van der Waals surface area contributed by atoms with Gasteiger partial charge < -0.3 is 19.4 Å². The van der Waals surface area contributed by atoms with Gasteiger partial charge in [0.05, 0.1) is 30.6 Å². The van der Waals surface area contributed by atoms with Crippen molar-refractivity contribution in [3.05, 3.63) is 36.4 Å². The van der Waals surface area contributed by atoms with Crippen LogP contribution in [0.5, 0.6) is 0 Å². The highest BCUT2D eigenvalue weighted by Gasteiger charge is 2.14. The van der Waals surface area contributed by atoms with E-state index in [1.54, 1.807) is 14.2 Å². The number of nitrogens with zero attached hydrogens (tertiary/aromatic N) is 6. The first-order valence-corrected chi connectivity index (χ1v) is 9.53. The van der Waals surface area contributed by atoms with Crippen LogP contribution in [0.25, 0.3) is 27.9 Å². The second kappa shape index (κ2) is 8.14. The van der Waals surface area contributed by atoms with E-state index in [2.05, 4.69) is 25.0 Å². The number of rotatable bonds is 8. The molecule has 152 valence electrons. The summed E-state index contributed by atoms with van der Waals surface area (Å²) in [6, 6.07) is 6.11. The normalized spacial score (nSPS) is 12.7. The molecule has 0 fully saturated rings. The van der Waals surface area contributed by atoms with Crippen LogP contribution in [0.15, 0.2) is 30.6 Å². The van der Waals surface area contributed by atoms with E-state index in [9.17, 15) is 0 Å². The van der Waals surface area contributed by atoms with Crippen LogP contribution < -0.4 is 5.32 Å². The van der Waals surface area contributed by atoms with Crippen molar-refractivity contribution < 1.29 is 9.47 Å². The quantitative estimate of drug-likeness (QED) is 0.490. The lowest BCUT2D eigenvalue weighted by atomic mass is 10.2. The van der Waals surface area contributed by atoms with E-state index >= 15 is 0 Å². The van der Waals surface area contributed by atoms with Gasteiger partial charge in [0.25, 0.3) is 0 Å². The van der Waals surface area contributed by atoms with Crippen LogP contribution >= 0.6 is 0 Å². The molecule has 1 atom stereocenters. The van der Waals surface area contributed by atoms with Crippen molar-refractivity contribution >= 4 is 22.6 Å². The van der Waals surface area contributed by atoms with Crippen molar-refractivity contribution in [1.82, 2.24) is 29.1 Å². The van der Waals surface area contributed by atoms with E-state index in [-0.39, 0.29) is 6.04 Å². The number of aryl methyl sites for hydroxylation is 1. The molecule has 4 heterocycles. The molecule has 0 aromatic carbocycles. The van der Waals surface area contributed by atoms with Crippen molar-refractivity contribution in [2.75, 3.05) is 32.8 Å². The first-order chi connectivity index (χ1) is 14.1. The number of nitrogens with one attached hydrogen (secondary N) is 1. The third-order valence-corrected chi connectivity index (χ3v) is 4.79. The molecule has 4 rings (SSSR count). The van der Waals surface area contributed by atoms with Gasteiger partial charge in [-0.25, -0.2) is 19.5 Å². The summed E-state index contributed by atoms with van der Waals surface area (Å²) >= 11 is 0. The number of imidazole rings is 1. The predicted molar refractivity (Wildman–Crippen MR) is 111 cm³/mol. The Morgan fingerprint density at radius 3 is 2.79 bits per heavy atom. The fourth-order valence-corrected chi connectivity index (χ4v) is 3.41. The summed E-state index contributed by atoms with van der Waals surface area (Å²) < 4.78 is 14.3. The fraction of sp³-hybridized carbons (Fsp3) is 0.400. The molecule has 9 nitrogen and oxygen atoms in total. The molecule has 0 radical (unpaired) electrons. The minimum absolute atomic E-state index is 0.118. The lowest BCUT2D eigenvalue weighted by molar-refractivity contribution is 0.187. The highest BCUT2D eigenvalue weighted by molar-refractivity contribution is 5.82. The molecule has 0 aliphatic rings. The van der Waals surface area contributed by atoms with Crippen molar-refractivity contribution in [2.24, 2.45) is 0 Å². The van der Waals surface area contributed by atoms with E-state index in [1.165, 1.54) is 0 Å². The molecule has 9 heteroatoms. The van der Waals surface area contributed by atoms with E-state index < -0.39 is 0 Å². The van der Waals surface area contributed by atoms with Crippen LogP contribution in [0.4, 0.5) is 5.95 Å². The molecule has 29 heavy (non-hydrogen) atoms. The molecule has 0 amide bonds. The summed E-state index contributed by atoms with van der Waals surface area (Å²) in [6.07, 6.45) is 3.72. The lowest BCUT2D eigenvalue weighted by Crippen LogP contribution is -2.22. The summed E-state index contributed by atoms with van der Waals surface area (Å²) in [5, 5.41) is 7.78. The first-order valence-electron chi connectivity index (χ1n) is 9.53. The minimum Gasteiger partial charge on any atom is -0.383 e. The average Bonchev–Trinajstić information content (AvgIpc) is 3.26. The van der Waals surface area contributed by atoms with Gasteiger partial charge in [0.2, 0.25) is 5.95 Å². The van der Waals surface area contributed by atoms with Gasteiger partial charge in [0.15, 0.2) is 5.65 Å². The largest absolute Gasteiger partial charge is 0.383 e. The summed E-state index contributed by atoms with van der Waals surface area (Å²) in [5.41, 5.74) is 4.45. The van der Waals surface area contributed by atoms with Crippen LogP contribution in [0.1, 0.15) is 12.7 Å². The third-order valence-electron chi connectivity index (χ3n) is 4.79. The maximum Gasteiger partial charge on any atom is 0.241 e. The Labute approximate surface area is 168 Å². The molecule has 0 saturated heterocycles. The van der Waals surface area contributed by atoms with Gasteiger partial charge in [0.1, 0.15) is 11.3 Å². The van der Waals surface area contributed by atoms with Crippen LogP contribution in [0.3, 0.4) is 0 Å². The minimum atomic E-state index is 0.118. The standard InChI is InChI=1S/C20H25N7O2/c1-13(12-29-4)22-20-21-11-18-15(7-8-27(18)25-20)16-5-6-17-19(24-16)26(9-10-28-3)14(2)23-17/h5-8,11,13H,9-10,12H2,1-4H3,(H,22,25)/t13-/m1/s1. The molecule has 0 unspecified atom stereocenters. The van der Waals surface area contributed by atoms with E-state index in [0.29, 0.717) is 25.7 Å². The van der Waals surface area contributed by atoms with Gasteiger partial charge >= 0.3 is 0 Å². The van der Waals surface area contributed by atoms with Gasteiger partial charge in [-0.2, -0.15) is 0 Å². The van der Waals surface area contributed by atoms with E-state index in [1.807, 2.05) is 49.0 Å². The molecule has 0 aliphatic carbocycles. The highest BCUT2D eigenvalue weighted by Crippen LogP contribution is 2.26. The Morgan fingerprint density at radius 2 is 2.00 bits per heavy atom. The van der Waals surface area contributed by atoms with Gasteiger partial charge in [-0.05, 0) is 32.0 Å². The molecule has 0 saturated carbocycles. The summed E-state index contributed by atoms with van der Waals surface area (Å²) in [6.45, 7) is 5.91. The summed E-state index contributed by atoms with van der Waals surface area (Å²) in [7, 11) is 3.37. The number of anilines is 1. The lowest BCUT2D eigenvalue weighted by Gasteiger charge is -2.12. The second-order valence-corrected chi connectivity index (χ2v) is 6.98. The van der Waals surface area contributed by atoms with Crippen LogP contribution in [0, 0.1) is 6.92 Å².